The van der Waals surface area contributed by atoms with Gasteiger partial charge in [-0.2, -0.15) is 0 Å². The Morgan fingerprint density at radius 3 is 2.26 bits per heavy atom. The van der Waals surface area contributed by atoms with Crippen molar-refractivity contribution < 1.29 is 4.79 Å². The standard InChI is InChI=1S/C21H25NO/c1-16(2)22(21(23)20-13-9-8-10-18(20)4)15-17(3)14-19-11-6-5-7-12-19/h5-14,16H,15H2,1-4H3/b17-14+. The average Bonchev–Trinajstić information content (AvgIpc) is 2.53. The third-order valence-corrected chi connectivity index (χ3v) is 3.89. The van der Waals surface area contributed by atoms with Gasteiger partial charge in [-0.3, -0.25) is 4.79 Å². The van der Waals surface area contributed by atoms with Crippen molar-refractivity contribution in [2.45, 2.75) is 33.7 Å². The molecule has 0 saturated heterocycles. The number of nitrogens with zero attached hydrogens (tertiary/aromatic N) is 1. The van der Waals surface area contributed by atoms with Gasteiger partial charge < -0.3 is 4.90 Å². The first-order chi connectivity index (χ1) is 11.0. The SMILES string of the molecule is C/C(=C\c1ccccc1)CN(C(=O)c1ccccc1C)C(C)C. The van der Waals surface area contributed by atoms with Crippen LogP contribution in [0.15, 0.2) is 60.2 Å². The second-order valence-corrected chi connectivity index (χ2v) is 6.24. The van der Waals surface area contributed by atoms with E-state index in [1.165, 1.54) is 5.57 Å². The molecule has 0 fully saturated rings. The van der Waals surface area contributed by atoms with E-state index < -0.39 is 0 Å². The highest BCUT2D eigenvalue weighted by atomic mass is 16.2. The fourth-order valence-corrected chi connectivity index (χ4v) is 2.60. The number of amides is 1. The topological polar surface area (TPSA) is 20.3 Å². The summed E-state index contributed by atoms with van der Waals surface area (Å²) < 4.78 is 0. The lowest BCUT2D eigenvalue weighted by Crippen LogP contribution is -2.38. The number of hydrogen-bond donors (Lipinski definition) is 0. The smallest absolute Gasteiger partial charge is 0.254 e. The summed E-state index contributed by atoms with van der Waals surface area (Å²) in [6, 6.07) is 18.1. The van der Waals surface area contributed by atoms with Gasteiger partial charge in [0.05, 0.1) is 0 Å². The molecule has 0 atom stereocenters. The lowest BCUT2D eigenvalue weighted by molar-refractivity contribution is 0.0723. The Bertz CT molecular complexity index is 686. The maximum absolute atomic E-state index is 12.9. The van der Waals surface area contributed by atoms with Crippen LogP contribution in [0.2, 0.25) is 0 Å². The normalized spacial score (nSPS) is 11.6. The molecule has 0 aliphatic carbocycles. The van der Waals surface area contributed by atoms with E-state index in [1.54, 1.807) is 0 Å². The molecule has 0 heterocycles. The van der Waals surface area contributed by atoms with Gasteiger partial charge in [0.15, 0.2) is 0 Å². The number of aryl methyl sites for hydroxylation is 1. The zero-order valence-corrected chi connectivity index (χ0v) is 14.4. The number of hydrogen-bond acceptors (Lipinski definition) is 1. The molecule has 120 valence electrons. The predicted octanol–water partition coefficient (Wildman–Crippen LogP) is 4.95. The third kappa shape index (κ3) is 4.56. The molecule has 0 unspecified atom stereocenters. The molecule has 0 saturated carbocycles. The predicted molar refractivity (Wildman–Crippen MR) is 97.4 cm³/mol. The lowest BCUT2D eigenvalue weighted by atomic mass is 10.1. The van der Waals surface area contributed by atoms with Crippen molar-refractivity contribution in [2.24, 2.45) is 0 Å². The summed E-state index contributed by atoms with van der Waals surface area (Å²) in [6.45, 7) is 8.82. The molecule has 0 aromatic heterocycles. The zero-order chi connectivity index (χ0) is 16.8. The van der Waals surface area contributed by atoms with Crippen LogP contribution in [0.3, 0.4) is 0 Å². The largest absolute Gasteiger partial charge is 0.332 e. The summed E-state index contributed by atoms with van der Waals surface area (Å²) in [6.07, 6.45) is 2.14. The van der Waals surface area contributed by atoms with E-state index in [0.29, 0.717) is 6.54 Å². The molecule has 2 nitrogen and oxygen atoms in total. The van der Waals surface area contributed by atoms with Crippen molar-refractivity contribution in [1.82, 2.24) is 4.90 Å². The first kappa shape index (κ1) is 17.0. The van der Waals surface area contributed by atoms with Crippen molar-refractivity contribution in [3.63, 3.8) is 0 Å². The van der Waals surface area contributed by atoms with Crippen molar-refractivity contribution in [2.75, 3.05) is 6.54 Å². The van der Waals surface area contributed by atoms with Gasteiger partial charge in [-0.05, 0) is 44.9 Å². The molecule has 2 heteroatoms. The third-order valence-electron chi connectivity index (χ3n) is 3.89. The van der Waals surface area contributed by atoms with Crippen LogP contribution in [-0.4, -0.2) is 23.4 Å². The molecule has 0 aliphatic heterocycles. The van der Waals surface area contributed by atoms with Gasteiger partial charge in [0.25, 0.3) is 5.91 Å². The van der Waals surface area contributed by atoms with Crippen LogP contribution in [-0.2, 0) is 0 Å². The monoisotopic (exact) mass is 307 g/mol. The molecule has 0 spiro atoms. The van der Waals surface area contributed by atoms with Crippen LogP contribution >= 0.6 is 0 Å². The minimum atomic E-state index is 0.0962. The van der Waals surface area contributed by atoms with E-state index in [0.717, 1.165) is 16.7 Å². The van der Waals surface area contributed by atoms with E-state index in [2.05, 4.69) is 39.0 Å². The van der Waals surface area contributed by atoms with Crippen molar-refractivity contribution in [3.05, 3.63) is 76.9 Å². The molecule has 0 aliphatic rings. The summed E-state index contributed by atoms with van der Waals surface area (Å²) in [4.78, 5) is 14.8. The summed E-state index contributed by atoms with van der Waals surface area (Å²) in [5, 5.41) is 0. The van der Waals surface area contributed by atoms with Crippen LogP contribution in [0, 0.1) is 6.92 Å². The quantitative estimate of drug-likeness (QED) is 0.765. The highest BCUT2D eigenvalue weighted by Gasteiger charge is 2.20. The molecule has 0 N–H and O–H groups in total. The summed E-state index contributed by atoms with van der Waals surface area (Å²) >= 11 is 0. The minimum Gasteiger partial charge on any atom is -0.332 e. The van der Waals surface area contributed by atoms with Gasteiger partial charge in [0, 0.05) is 18.2 Å². The molecule has 23 heavy (non-hydrogen) atoms. The van der Waals surface area contributed by atoms with Crippen LogP contribution in [0.5, 0.6) is 0 Å². The second-order valence-electron chi connectivity index (χ2n) is 6.24. The Balaban J connectivity index is 2.21. The fraction of sp³-hybridized carbons (Fsp3) is 0.286. The van der Waals surface area contributed by atoms with Crippen LogP contribution < -0.4 is 0 Å². The first-order valence-electron chi connectivity index (χ1n) is 8.08. The van der Waals surface area contributed by atoms with Crippen LogP contribution in [0.4, 0.5) is 0 Å². The minimum absolute atomic E-state index is 0.0962. The van der Waals surface area contributed by atoms with Gasteiger partial charge in [-0.1, -0.05) is 60.2 Å². The van der Waals surface area contributed by atoms with Crippen molar-refractivity contribution in [3.8, 4) is 0 Å². The van der Waals surface area contributed by atoms with E-state index >= 15 is 0 Å². The van der Waals surface area contributed by atoms with Gasteiger partial charge in [-0.25, -0.2) is 0 Å². The number of carbonyl (C=O) groups excluding carboxylic acids is 1. The van der Waals surface area contributed by atoms with Gasteiger partial charge >= 0.3 is 0 Å². The van der Waals surface area contributed by atoms with E-state index in [9.17, 15) is 4.79 Å². The van der Waals surface area contributed by atoms with E-state index in [-0.39, 0.29) is 11.9 Å². The molecule has 2 aromatic rings. The molecule has 0 bridgehead atoms. The molecular formula is C21H25NO. The second kappa shape index (κ2) is 7.77. The van der Waals surface area contributed by atoms with Gasteiger partial charge in [0.1, 0.15) is 0 Å². The Morgan fingerprint density at radius 1 is 1.04 bits per heavy atom. The molecular weight excluding hydrogens is 282 g/mol. The molecule has 0 radical (unpaired) electrons. The maximum Gasteiger partial charge on any atom is 0.254 e. The van der Waals surface area contributed by atoms with Gasteiger partial charge in [0.2, 0.25) is 0 Å². The Labute approximate surface area is 139 Å². The van der Waals surface area contributed by atoms with Gasteiger partial charge in [-0.15, -0.1) is 0 Å². The highest BCUT2D eigenvalue weighted by Crippen LogP contribution is 2.16. The molecule has 2 rings (SSSR count). The Kier molecular flexibility index (Phi) is 5.75. The molecule has 1 amide bonds. The highest BCUT2D eigenvalue weighted by molar-refractivity contribution is 5.96. The maximum atomic E-state index is 12.9. The number of carbonyl (C=O) groups is 1. The Morgan fingerprint density at radius 2 is 1.65 bits per heavy atom. The van der Waals surface area contributed by atoms with Crippen LogP contribution in [0.1, 0.15) is 42.3 Å². The summed E-state index contributed by atoms with van der Waals surface area (Å²) in [7, 11) is 0. The zero-order valence-electron chi connectivity index (χ0n) is 14.4. The molecule has 2 aromatic carbocycles. The fourth-order valence-electron chi connectivity index (χ4n) is 2.60. The number of rotatable bonds is 5. The van der Waals surface area contributed by atoms with E-state index in [4.69, 9.17) is 0 Å². The first-order valence-corrected chi connectivity index (χ1v) is 8.08. The lowest BCUT2D eigenvalue weighted by Gasteiger charge is -2.28. The van der Waals surface area contributed by atoms with Crippen molar-refractivity contribution >= 4 is 12.0 Å². The summed E-state index contributed by atoms with van der Waals surface area (Å²) in [5.74, 6) is 0.0962. The number of benzene rings is 2. The van der Waals surface area contributed by atoms with Crippen molar-refractivity contribution in [1.29, 1.82) is 0 Å². The summed E-state index contributed by atoms with van der Waals surface area (Å²) in [5.41, 5.74) is 4.14. The Hall–Kier alpha value is -2.35. The van der Waals surface area contributed by atoms with E-state index in [1.807, 2.05) is 54.3 Å². The van der Waals surface area contributed by atoms with Crippen LogP contribution in [0.25, 0.3) is 6.08 Å². The average molecular weight is 307 g/mol.